The summed E-state index contributed by atoms with van der Waals surface area (Å²) in [7, 11) is 1.80. The van der Waals surface area contributed by atoms with E-state index >= 15 is 0 Å². The van der Waals surface area contributed by atoms with E-state index in [0.717, 1.165) is 17.2 Å². The minimum Gasteiger partial charge on any atom is -0.305 e. The van der Waals surface area contributed by atoms with Crippen molar-refractivity contribution in [1.29, 1.82) is 0 Å². The van der Waals surface area contributed by atoms with Gasteiger partial charge in [0.15, 0.2) is 11.5 Å². The van der Waals surface area contributed by atoms with Crippen molar-refractivity contribution in [2.24, 2.45) is 7.05 Å². The van der Waals surface area contributed by atoms with Crippen LogP contribution < -0.4 is 5.32 Å². The first-order valence-electron chi connectivity index (χ1n) is 9.69. The molecule has 0 radical (unpaired) electrons. The van der Waals surface area contributed by atoms with Gasteiger partial charge in [-0.15, -0.1) is 0 Å². The lowest BCUT2D eigenvalue weighted by molar-refractivity contribution is 0.102. The molecule has 3 heterocycles. The number of amides is 1. The molecule has 2 aromatic carbocycles. The molecule has 0 saturated carbocycles. The summed E-state index contributed by atoms with van der Waals surface area (Å²) in [6.07, 6.45) is 3.40. The van der Waals surface area contributed by atoms with E-state index < -0.39 is 11.7 Å². The minimum atomic E-state index is -0.493. The number of imidazole rings is 1. The highest BCUT2D eigenvalue weighted by molar-refractivity contribution is 6.03. The molecule has 5 rings (SSSR count). The van der Waals surface area contributed by atoms with Crippen LogP contribution in [0.5, 0.6) is 0 Å². The van der Waals surface area contributed by atoms with Gasteiger partial charge in [-0.05, 0) is 54.6 Å². The van der Waals surface area contributed by atoms with Gasteiger partial charge >= 0.3 is 0 Å². The SMILES string of the molecule is Cn1cc(-c2ccc3nc(NC(=O)c4cccc(F)c4)cn3n2)c(-c2ccc(F)cc2)n1. The van der Waals surface area contributed by atoms with E-state index in [0.29, 0.717) is 17.0 Å². The van der Waals surface area contributed by atoms with E-state index in [9.17, 15) is 13.6 Å². The molecule has 0 atom stereocenters. The second-order valence-electron chi connectivity index (χ2n) is 7.18. The Kier molecular flexibility index (Phi) is 4.70. The Bertz CT molecular complexity index is 1460. The largest absolute Gasteiger partial charge is 0.305 e. The number of fused-ring (bicyclic) bond motifs is 1. The van der Waals surface area contributed by atoms with Crippen LogP contribution in [-0.2, 0) is 7.05 Å². The highest BCUT2D eigenvalue weighted by atomic mass is 19.1. The molecule has 0 aliphatic rings. The summed E-state index contributed by atoms with van der Waals surface area (Å²) in [5.74, 6) is -1.00. The summed E-state index contributed by atoms with van der Waals surface area (Å²) in [4.78, 5) is 16.7. The van der Waals surface area contributed by atoms with Crippen LogP contribution in [0.15, 0.2) is 73.1 Å². The number of hydrogen-bond acceptors (Lipinski definition) is 4. The van der Waals surface area contributed by atoms with Gasteiger partial charge in [0, 0.05) is 29.9 Å². The highest BCUT2D eigenvalue weighted by Crippen LogP contribution is 2.30. The van der Waals surface area contributed by atoms with Crippen molar-refractivity contribution >= 4 is 17.4 Å². The van der Waals surface area contributed by atoms with Gasteiger partial charge in [0.2, 0.25) is 0 Å². The Morgan fingerprint density at radius 2 is 1.75 bits per heavy atom. The van der Waals surface area contributed by atoms with Crippen molar-refractivity contribution in [3.8, 4) is 22.5 Å². The van der Waals surface area contributed by atoms with Gasteiger partial charge in [-0.3, -0.25) is 9.48 Å². The molecular weight excluding hydrogens is 414 g/mol. The number of carbonyl (C=O) groups excluding carboxylic acids is 1. The van der Waals surface area contributed by atoms with Crippen molar-refractivity contribution in [2.75, 3.05) is 5.32 Å². The van der Waals surface area contributed by atoms with E-state index in [1.54, 1.807) is 42.2 Å². The number of rotatable bonds is 4. The van der Waals surface area contributed by atoms with Gasteiger partial charge in [0.1, 0.15) is 17.3 Å². The van der Waals surface area contributed by atoms with Gasteiger partial charge in [-0.25, -0.2) is 18.3 Å². The zero-order valence-corrected chi connectivity index (χ0v) is 16.8. The van der Waals surface area contributed by atoms with Crippen LogP contribution in [0, 0.1) is 11.6 Å². The maximum Gasteiger partial charge on any atom is 0.256 e. The molecule has 0 aliphatic carbocycles. The van der Waals surface area contributed by atoms with Crippen LogP contribution in [0.3, 0.4) is 0 Å². The van der Waals surface area contributed by atoms with E-state index in [-0.39, 0.29) is 17.2 Å². The molecule has 0 aliphatic heterocycles. The number of benzene rings is 2. The molecule has 9 heteroatoms. The van der Waals surface area contributed by atoms with Gasteiger partial charge in [0.25, 0.3) is 5.91 Å². The number of nitrogens with zero attached hydrogens (tertiary/aromatic N) is 5. The number of hydrogen-bond donors (Lipinski definition) is 1. The van der Waals surface area contributed by atoms with Gasteiger partial charge in [0.05, 0.1) is 11.9 Å². The molecule has 1 N–H and O–H groups in total. The topological polar surface area (TPSA) is 77.1 Å². The summed E-state index contributed by atoms with van der Waals surface area (Å²) in [6.45, 7) is 0. The molecule has 5 aromatic rings. The average Bonchev–Trinajstić information content (AvgIpc) is 3.36. The third-order valence-electron chi connectivity index (χ3n) is 4.87. The Hall–Kier alpha value is -4.40. The average molecular weight is 430 g/mol. The zero-order valence-electron chi connectivity index (χ0n) is 16.8. The van der Waals surface area contributed by atoms with Crippen LogP contribution in [0.1, 0.15) is 10.4 Å². The first kappa shape index (κ1) is 19.6. The quantitative estimate of drug-likeness (QED) is 0.461. The van der Waals surface area contributed by atoms with Crippen molar-refractivity contribution < 1.29 is 13.6 Å². The van der Waals surface area contributed by atoms with Crippen LogP contribution >= 0.6 is 0 Å². The molecular formula is C23H16F2N6O. The van der Waals surface area contributed by atoms with Crippen molar-refractivity contribution in [1.82, 2.24) is 24.4 Å². The minimum absolute atomic E-state index is 0.190. The lowest BCUT2D eigenvalue weighted by Gasteiger charge is -2.03. The molecule has 0 fully saturated rings. The summed E-state index contributed by atoms with van der Waals surface area (Å²) in [5, 5.41) is 11.7. The first-order valence-corrected chi connectivity index (χ1v) is 9.69. The fourth-order valence-electron chi connectivity index (χ4n) is 3.40. The number of halogens is 2. The van der Waals surface area contributed by atoms with Crippen molar-refractivity contribution in [2.45, 2.75) is 0 Å². The molecule has 0 unspecified atom stereocenters. The lowest BCUT2D eigenvalue weighted by Crippen LogP contribution is -2.12. The second-order valence-corrected chi connectivity index (χ2v) is 7.18. The molecule has 32 heavy (non-hydrogen) atoms. The maximum absolute atomic E-state index is 13.4. The van der Waals surface area contributed by atoms with Gasteiger partial charge < -0.3 is 5.32 Å². The van der Waals surface area contributed by atoms with Crippen molar-refractivity contribution in [3.05, 3.63) is 90.3 Å². The fraction of sp³-hybridized carbons (Fsp3) is 0.0435. The standard InChI is InChI=1S/C23H16F2N6O/c1-30-12-18(22(29-30)14-5-7-16(24)8-6-14)19-9-10-21-26-20(13-31(21)28-19)27-23(32)15-3-2-4-17(25)11-15/h2-13H,1H3,(H,27,32). The molecule has 3 aromatic heterocycles. The Balaban J connectivity index is 1.47. The van der Waals surface area contributed by atoms with Crippen LogP contribution in [0.4, 0.5) is 14.6 Å². The van der Waals surface area contributed by atoms with E-state index in [2.05, 4.69) is 20.5 Å². The second kappa shape index (κ2) is 7.69. The first-order chi connectivity index (χ1) is 15.5. The fourth-order valence-corrected chi connectivity index (χ4v) is 3.40. The predicted octanol–water partition coefficient (Wildman–Crippen LogP) is 4.33. The Morgan fingerprint density at radius 3 is 2.53 bits per heavy atom. The maximum atomic E-state index is 13.4. The zero-order chi connectivity index (χ0) is 22.2. The third-order valence-corrected chi connectivity index (χ3v) is 4.87. The summed E-state index contributed by atoms with van der Waals surface area (Å²) < 4.78 is 29.9. The number of carbonyl (C=O) groups is 1. The predicted molar refractivity (Wildman–Crippen MR) is 115 cm³/mol. The smallest absolute Gasteiger partial charge is 0.256 e. The number of nitrogens with one attached hydrogen (secondary N) is 1. The van der Waals surface area contributed by atoms with Gasteiger partial charge in [-0.2, -0.15) is 10.2 Å². The monoisotopic (exact) mass is 430 g/mol. The molecule has 7 nitrogen and oxygen atoms in total. The van der Waals surface area contributed by atoms with E-state index in [4.69, 9.17) is 0 Å². The summed E-state index contributed by atoms with van der Waals surface area (Å²) in [6, 6.07) is 15.1. The van der Waals surface area contributed by atoms with E-state index in [1.165, 1.54) is 34.8 Å². The number of aromatic nitrogens is 5. The molecule has 0 saturated heterocycles. The lowest BCUT2D eigenvalue weighted by atomic mass is 10.1. The highest BCUT2D eigenvalue weighted by Gasteiger charge is 2.15. The Morgan fingerprint density at radius 1 is 0.938 bits per heavy atom. The Labute approximate surface area is 181 Å². The van der Waals surface area contributed by atoms with Crippen LogP contribution in [0.2, 0.25) is 0 Å². The molecule has 158 valence electrons. The van der Waals surface area contributed by atoms with Crippen LogP contribution in [0.25, 0.3) is 28.2 Å². The van der Waals surface area contributed by atoms with Crippen molar-refractivity contribution in [3.63, 3.8) is 0 Å². The molecule has 0 spiro atoms. The van der Waals surface area contributed by atoms with Crippen LogP contribution in [-0.4, -0.2) is 30.3 Å². The normalized spacial score (nSPS) is 11.1. The number of anilines is 1. The third kappa shape index (κ3) is 3.71. The van der Waals surface area contributed by atoms with Gasteiger partial charge in [-0.1, -0.05) is 6.07 Å². The number of aryl methyl sites for hydroxylation is 1. The molecule has 0 bridgehead atoms. The summed E-state index contributed by atoms with van der Waals surface area (Å²) >= 11 is 0. The van der Waals surface area contributed by atoms with E-state index in [1.807, 2.05) is 6.20 Å². The summed E-state index contributed by atoms with van der Waals surface area (Å²) in [5.41, 5.74) is 3.53. The molecule has 1 amide bonds.